The van der Waals surface area contributed by atoms with Gasteiger partial charge in [0.25, 0.3) is 0 Å². The average Bonchev–Trinajstić information content (AvgIpc) is 2.71. The summed E-state index contributed by atoms with van der Waals surface area (Å²) in [6, 6.07) is 28.0. The third kappa shape index (κ3) is 2.34. The summed E-state index contributed by atoms with van der Waals surface area (Å²) in [7, 11) is 1.69. The Bertz CT molecular complexity index is 1190. The molecule has 0 bridgehead atoms. The van der Waals surface area contributed by atoms with Gasteiger partial charge < -0.3 is 10.1 Å². The summed E-state index contributed by atoms with van der Waals surface area (Å²) in [5.74, 6) is 0.886. The first kappa shape index (κ1) is 15.0. The number of benzene rings is 5. The number of anilines is 1. The molecule has 5 aromatic rings. The molecular formula is C24H19NO. The molecular weight excluding hydrogens is 318 g/mol. The molecule has 5 rings (SSSR count). The molecule has 1 N–H and O–H groups in total. The second-order valence-corrected chi connectivity index (χ2v) is 6.67. The van der Waals surface area contributed by atoms with Crippen molar-refractivity contribution in [1.82, 2.24) is 0 Å². The molecule has 0 aliphatic carbocycles. The Morgan fingerprint density at radius 3 is 2.08 bits per heavy atom. The van der Waals surface area contributed by atoms with Gasteiger partial charge in [0.05, 0.1) is 7.11 Å². The van der Waals surface area contributed by atoms with Crippen molar-refractivity contribution in [2.45, 2.75) is 6.54 Å². The summed E-state index contributed by atoms with van der Waals surface area (Å²) >= 11 is 0. The van der Waals surface area contributed by atoms with E-state index in [1.165, 1.54) is 43.6 Å². The summed E-state index contributed by atoms with van der Waals surface area (Å²) in [6.07, 6.45) is 0. The second kappa shape index (κ2) is 5.92. The monoisotopic (exact) mass is 337 g/mol. The Kier molecular flexibility index (Phi) is 3.42. The summed E-state index contributed by atoms with van der Waals surface area (Å²) in [6.45, 7) is 0.786. The lowest BCUT2D eigenvalue weighted by atomic mass is 9.93. The van der Waals surface area contributed by atoms with E-state index in [9.17, 15) is 0 Å². The third-order valence-corrected chi connectivity index (χ3v) is 5.17. The van der Waals surface area contributed by atoms with E-state index >= 15 is 0 Å². The van der Waals surface area contributed by atoms with Gasteiger partial charge in [0.15, 0.2) is 0 Å². The van der Waals surface area contributed by atoms with E-state index in [0.717, 1.165) is 12.3 Å². The highest BCUT2D eigenvalue weighted by Crippen LogP contribution is 2.37. The van der Waals surface area contributed by atoms with Gasteiger partial charge >= 0.3 is 0 Å². The fraction of sp³-hybridized carbons (Fsp3) is 0.0833. The standard InChI is InChI=1S/C24H19NO/c1-26-20-11-5-16(6-12-20)15-25-22-14-10-19-8-7-17-3-2-4-18-9-13-21(22)24(19)23(17)18/h2-14,25H,15H2,1H3. The Morgan fingerprint density at radius 2 is 1.35 bits per heavy atom. The highest BCUT2D eigenvalue weighted by Gasteiger charge is 2.10. The minimum Gasteiger partial charge on any atom is -0.497 e. The predicted molar refractivity (Wildman–Crippen MR) is 110 cm³/mol. The lowest BCUT2D eigenvalue weighted by Crippen LogP contribution is -2.00. The molecule has 0 unspecified atom stereocenters. The van der Waals surface area contributed by atoms with E-state index < -0.39 is 0 Å². The van der Waals surface area contributed by atoms with Crippen LogP contribution in [0.1, 0.15) is 5.56 Å². The van der Waals surface area contributed by atoms with Crippen LogP contribution in [0.2, 0.25) is 0 Å². The zero-order valence-electron chi connectivity index (χ0n) is 14.6. The smallest absolute Gasteiger partial charge is 0.118 e. The Morgan fingerprint density at radius 1 is 0.692 bits per heavy atom. The van der Waals surface area contributed by atoms with Gasteiger partial charge in [-0.1, -0.05) is 60.7 Å². The van der Waals surface area contributed by atoms with Crippen LogP contribution in [0.15, 0.2) is 78.9 Å². The van der Waals surface area contributed by atoms with Crippen molar-refractivity contribution in [3.05, 3.63) is 84.4 Å². The van der Waals surface area contributed by atoms with Gasteiger partial charge in [-0.05, 0) is 50.7 Å². The first-order valence-corrected chi connectivity index (χ1v) is 8.87. The molecule has 0 heterocycles. The minimum absolute atomic E-state index is 0.786. The van der Waals surface area contributed by atoms with Crippen molar-refractivity contribution in [3.63, 3.8) is 0 Å². The maximum atomic E-state index is 5.23. The molecule has 0 radical (unpaired) electrons. The van der Waals surface area contributed by atoms with E-state index in [-0.39, 0.29) is 0 Å². The van der Waals surface area contributed by atoms with Gasteiger partial charge in [0.1, 0.15) is 5.75 Å². The molecule has 2 heteroatoms. The summed E-state index contributed by atoms with van der Waals surface area (Å²) in [4.78, 5) is 0. The Balaban J connectivity index is 1.59. The number of rotatable bonds is 4. The maximum absolute atomic E-state index is 5.23. The van der Waals surface area contributed by atoms with Crippen LogP contribution in [0.3, 0.4) is 0 Å². The van der Waals surface area contributed by atoms with Crippen molar-refractivity contribution < 1.29 is 4.74 Å². The van der Waals surface area contributed by atoms with Crippen LogP contribution in [0, 0.1) is 0 Å². The maximum Gasteiger partial charge on any atom is 0.118 e. The van der Waals surface area contributed by atoms with Crippen LogP contribution in [0.25, 0.3) is 32.3 Å². The summed E-state index contributed by atoms with van der Waals surface area (Å²) < 4.78 is 5.23. The lowest BCUT2D eigenvalue weighted by molar-refractivity contribution is 0.414. The number of hydrogen-bond donors (Lipinski definition) is 1. The minimum atomic E-state index is 0.786. The van der Waals surface area contributed by atoms with Crippen LogP contribution in [0.5, 0.6) is 5.75 Å². The largest absolute Gasteiger partial charge is 0.497 e. The fourth-order valence-corrected chi connectivity index (χ4v) is 3.83. The van der Waals surface area contributed by atoms with Crippen molar-refractivity contribution in [2.24, 2.45) is 0 Å². The fourth-order valence-electron chi connectivity index (χ4n) is 3.83. The van der Waals surface area contributed by atoms with Gasteiger partial charge in [-0.2, -0.15) is 0 Å². The molecule has 0 aliphatic heterocycles. The van der Waals surface area contributed by atoms with E-state index in [0.29, 0.717) is 0 Å². The van der Waals surface area contributed by atoms with Gasteiger partial charge in [0.2, 0.25) is 0 Å². The summed E-state index contributed by atoms with van der Waals surface area (Å²) in [5, 5.41) is 11.5. The molecule has 2 nitrogen and oxygen atoms in total. The van der Waals surface area contributed by atoms with Crippen LogP contribution in [-0.2, 0) is 6.54 Å². The molecule has 26 heavy (non-hydrogen) atoms. The number of ether oxygens (including phenoxy) is 1. The van der Waals surface area contributed by atoms with E-state index in [1.807, 2.05) is 12.1 Å². The SMILES string of the molecule is COc1ccc(CNc2ccc3ccc4cccc5ccc2c3c45)cc1. The quantitative estimate of drug-likeness (QED) is 0.394. The van der Waals surface area contributed by atoms with Crippen molar-refractivity contribution in [1.29, 1.82) is 0 Å². The lowest BCUT2D eigenvalue weighted by Gasteiger charge is -2.15. The highest BCUT2D eigenvalue weighted by atomic mass is 16.5. The third-order valence-electron chi connectivity index (χ3n) is 5.17. The predicted octanol–water partition coefficient (Wildman–Crippen LogP) is 6.20. The molecule has 5 aromatic carbocycles. The Hall–Kier alpha value is -3.26. The van der Waals surface area contributed by atoms with Crippen molar-refractivity contribution >= 4 is 38.0 Å². The van der Waals surface area contributed by atoms with Crippen molar-refractivity contribution in [3.8, 4) is 5.75 Å². The first-order chi connectivity index (χ1) is 12.8. The molecule has 0 amide bonds. The van der Waals surface area contributed by atoms with Gasteiger partial charge in [-0.25, -0.2) is 0 Å². The molecule has 0 fully saturated rings. The molecule has 0 aliphatic rings. The molecule has 0 saturated carbocycles. The van der Waals surface area contributed by atoms with E-state index in [1.54, 1.807) is 7.11 Å². The normalized spacial score (nSPS) is 11.4. The number of nitrogens with one attached hydrogen (secondary N) is 1. The van der Waals surface area contributed by atoms with Gasteiger partial charge in [0, 0.05) is 17.6 Å². The van der Waals surface area contributed by atoms with Gasteiger partial charge in [-0.15, -0.1) is 0 Å². The van der Waals surface area contributed by atoms with Crippen LogP contribution in [0.4, 0.5) is 5.69 Å². The van der Waals surface area contributed by atoms with E-state index in [4.69, 9.17) is 4.74 Å². The molecule has 0 saturated heterocycles. The molecule has 0 atom stereocenters. The highest BCUT2D eigenvalue weighted by molar-refractivity contribution is 6.25. The number of hydrogen-bond acceptors (Lipinski definition) is 2. The zero-order valence-corrected chi connectivity index (χ0v) is 14.6. The first-order valence-electron chi connectivity index (χ1n) is 8.87. The van der Waals surface area contributed by atoms with Crippen LogP contribution in [-0.4, -0.2) is 7.11 Å². The zero-order chi connectivity index (χ0) is 17.5. The van der Waals surface area contributed by atoms with Crippen LogP contribution < -0.4 is 10.1 Å². The second-order valence-electron chi connectivity index (χ2n) is 6.67. The Labute approximate surface area is 152 Å². The number of methoxy groups -OCH3 is 1. The topological polar surface area (TPSA) is 21.3 Å². The molecule has 0 aromatic heterocycles. The molecule has 126 valence electrons. The van der Waals surface area contributed by atoms with Crippen LogP contribution >= 0.6 is 0 Å². The molecule has 0 spiro atoms. The van der Waals surface area contributed by atoms with E-state index in [2.05, 4.69) is 72.0 Å². The van der Waals surface area contributed by atoms with Gasteiger partial charge in [-0.3, -0.25) is 0 Å². The summed E-state index contributed by atoms with van der Waals surface area (Å²) in [5.41, 5.74) is 2.41. The van der Waals surface area contributed by atoms with Crippen molar-refractivity contribution in [2.75, 3.05) is 12.4 Å². The average molecular weight is 337 g/mol.